The third-order valence-corrected chi connectivity index (χ3v) is 7.22. The number of hydrogen-bond acceptors (Lipinski definition) is 6. The molecule has 0 aliphatic heterocycles. The Balaban J connectivity index is 1.56. The zero-order valence-corrected chi connectivity index (χ0v) is 22.0. The second-order valence-corrected chi connectivity index (χ2v) is 10.5. The maximum Gasteiger partial charge on any atom is 0.404 e. The van der Waals surface area contributed by atoms with Gasteiger partial charge in [-0.2, -0.15) is 13.2 Å². The number of hydrogen-bond donors (Lipinski definition) is 0. The van der Waals surface area contributed by atoms with E-state index < -0.39 is 22.0 Å². The molecule has 0 radical (unpaired) electrons. The molecule has 4 rings (SSSR count). The van der Waals surface area contributed by atoms with Gasteiger partial charge in [-0.05, 0) is 66.2 Å². The Morgan fingerprint density at radius 2 is 1.46 bits per heavy atom. The van der Waals surface area contributed by atoms with Crippen LogP contribution in [0, 0.1) is 0 Å². The van der Waals surface area contributed by atoms with Gasteiger partial charge in [0.15, 0.2) is 17.3 Å². The summed E-state index contributed by atoms with van der Waals surface area (Å²) in [6.07, 6.45) is -3.60. The number of rotatable bonds is 10. The largest absolute Gasteiger partial charge is 0.493 e. The Morgan fingerprint density at radius 1 is 0.846 bits per heavy atom. The number of para-hydroxylation sites is 2. The van der Waals surface area contributed by atoms with Crippen LogP contribution in [0.5, 0.6) is 28.9 Å². The second-order valence-electron chi connectivity index (χ2n) is 8.19. The summed E-state index contributed by atoms with van der Waals surface area (Å²) in [6, 6.07) is 22.1. The van der Waals surface area contributed by atoms with E-state index in [1.165, 1.54) is 49.7 Å². The van der Waals surface area contributed by atoms with E-state index in [1.54, 1.807) is 48.5 Å². The van der Waals surface area contributed by atoms with Crippen LogP contribution in [0.25, 0.3) is 0 Å². The molecule has 7 nitrogen and oxygen atoms in total. The van der Waals surface area contributed by atoms with Gasteiger partial charge in [0.2, 0.25) is 15.9 Å². The summed E-state index contributed by atoms with van der Waals surface area (Å²) < 4.78 is 82.5. The Bertz CT molecular complexity index is 1500. The van der Waals surface area contributed by atoms with Crippen LogP contribution < -0.4 is 18.5 Å². The molecular weight excluding hydrogens is 557 g/mol. The number of alkyl halides is 3. The van der Waals surface area contributed by atoms with Crippen LogP contribution in [0.2, 0.25) is 5.02 Å². The molecule has 0 N–H and O–H groups in total. The second kappa shape index (κ2) is 11.8. The van der Waals surface area contributed by atoms with Crippen molar-refractivity contribution in [2.45, 2.75) is 12.7 Å². The van der Waals surface area contributed by atoms with Crippen LogP contribution in [0.15, 0.2) is 91.1 Å². The van der Waals surface area contributed by atoms with Gasteiger partial charge in [-0.15, -0.1) is 0 Å². The first-order valence-electron chi connectivity index (χ1n) is 11.4. The Morgan fingerprint density at radius 3 is 2.05 bits per heavy atom. The molecule has 1 aromatic heterocycles. The molecule has 0 aliphatic carbocycles. The van der Waals surface area contributed by atoms with Crippen molar-refractivity contribution in [3.8, 4) is 28.9 Å². The average molecular weight is 579 g/mol. The minimum Gasteiger partial charge on any atom is -0.493 e. The fourth-order valence-corrected chi connectivity index (χ4v) is 4.98. The smallest absolute Gasteiger partial charge is 0.404 e. The zero-order valence-electron chi connectivity index (χ0n) is 20.4. The number of nitrogens with zero attached hydrogens (tertiary/aromatic N) is 2. The fraction of sp³-hybridized carbons (Fsp3) is 0.148. The van der Waals surface area contributed by atoms with Crippen LogP contribution >= 0.6 is 11.6 Å². The van der Waals surface area contributed by atoms with E-state index in [0.717, 1.165) is 0 Å². The Hall–Kier alpha value is -3.96. The van der Waals surface area contributed by atoms with Gasteiger partial charge < -0.3 is 14.2 Å². The van der Waals surface area contributed by atoms with Gasteiger partial charge in [-0.25, -0.2) is 13.4 Å². The average Bonchev–Trinajstić information content (AvgIpc) is 2.89. The topological polar surface area (TPSA) is 78.0 Å². The van der Waals surface area contributed by atoms with Gasteiger partial charge >= 0.3 is 6.18 Å². The highest BCUT2D eigenvalue weighted by Crippen LogP contribution is 2.33. The minimum absolute atomic E-state index is 0.0214. The lowest BCUT2D eigenvalue weighted by atomic mass is 10.2. The van der Waals surface area contributed by atoms with Crippen molar-refractivity contribution in [3.63, 3.8) is 0 Å². The summed E-state index contributed by atoms with van der Waals surface area (Å²) in [5.74, 6) is -0.104. The molecular formula is C27H22ClF3N2O5S. The molecule has 3 aromatic carbocycles. The number of aromatic nitrogens is 1. The molecule has 1 heterocycles. The summed E-state index contributed by atoms with van der Waals surface area (Å²) in [4.78, 5) is 4.15. The summed E-state index contributed by atoms with van der Waals surface area (Å²) in [5, 5.41) is 0.533. The lowest BCUT2D eigenvalue weighted by molar-refractivity contribution is -0.106. The van der Waals surface area contributed by atoms with E-state index in [0.29, 0.717) is 37.9 Å². The number of halogens is 4. The number of ether oxygens (including phenoxy) is 3. The van der Waals surface area contributed by atoms with Crippen molar-refractivity contribution < 1.29 is 35.8 Å². The number of anilines is 1. The van der Waals surface area contributed by atoms with Crippen molar-refractivity contribution in [1.82, 2.24) is 4.98 Å². The molecule has 0 amide bonds. The summed E-state index contributed by atoms with van der Waals surface area (Å²) in [5.41, 5.74) is 0.367. The summed E-state index contributed by atoms with van der Waals surface area (Å²) in [7, 11) is -3.31. The van der Waals surface area contributed by atoms with E-state index in [1.807, 2.05) is 0 Å². The predicted octanol–water partition coefficient (Wildman–Crippen LogP) is 7.23. The van der Waals surface area contributed by atoms with E-state index in [9.17, 15) is 21.6 Å². The minimum atomic E-state index is -4.93. The van der Waals surface area contributed by atoms with Gasteiger partial charge in [-0.1, -0.05) is 29.8 Å². The summed E-state index contributed by atoms with van der Waals surface area (Å²) >= 11 is 5.86. The van der Waals surface area contributed by atoms with E-state index in [4.69, 9.17) is 25.8 Å². The van der Waals surface area contributed by atoms with Crippen molar-refractivity contribution in [3.05, 3.63) is 102 Å². The normalized spacial score (nSPS) is 11.6. The number of methoxy groups -OCH3 is 1. The number of sulfonamides is 1. The van der Waals surface area contributed by atoms with Gasteiger partial charge in [-0.3, -0.25) is 4.31 Å². The number of benzene rings is 3. The third-order valence-electron chi connectivity index (χ3n) is 5.26. The van der Waals surface area contributed by atoms with Crippen molar-refractivity contribution >= 4 is 27.3 Å². The molecule has 0 spiro atoms. The van der Waals surface area contributed by atoms with E-state index >= 15 is 0 Å². The first kappa shape index (κ1) is 28.1. The molecule has 204 valence electrons. The molecule has 0 fully saturated rings. The van der Waals surface area contributed by atoms with Crippen molar-refractivity contribution in [2.75, 3.05) is 17.2 Å². The quantitative estimate of drug-likeness (QED) is 0.198. The predicted molar refractivity (Wildman–Crippen MR) is 141 cm³/mol. The molecule has 0 bridgehead atoms. The van der Waals surface area contributed by atoms with Crippen LogP contribution in [0.1, 0.15) is 5.56 Å². The van der Waals surface area contributed by atoms with E-state index in [-0.39, 0.29) is 18.1 Å². The SMILES string of the molecule is COc1ccccc1Oc1ccc(N(Cc2ccc(Oc3ccc(Cl)cc3)nc2)S(=O)(=O)CC(F)(F)F)cc1. The maximum atomic E-state index is 13.2. The molecule has 12 heteroatoms. The lowest BCUT2D eigenvalue weighted by Gasteiger charge is -2.25. The van der Waals surface area contributed by atoms with Gasteiger partial charge in [0, 0.05) is 17.3 Å². The fourth-order valence-electron chi connectivity index (χ4n) is 3.50. The lowest BCUT2D eigenvalue weighted by Crippen LogP contribution is -2.37. The van der Waals surface area contributed by atoms with Gasteiger partial charge in [0.1, 0.15) is 11.5 Å². The van der Waals surface area contributed by atoms with E-state index in [2.05, 4.69) is 4.98 Å². The van der Waals surface area contributed by atoms with Crippen molar-refractivity contribution in [2.24, 2.45) is 0 Å². The zero-order chi connectivity index (χ0) is 28.0. The Labute approximate surface area is 228 Å². The highest BCUT2D eigenvalue weighted by atomic mass is 35.5. The summed E-state index contributed by atoms with van der Waals surface area (Å²) in [6.45, 7) is -0.390. The van der Waals surface area contributed by atoms with Crippen LogP contribution in [0.4, 0.5) is 18.9 Å². The standard InChI is InChI=1S/C27H22ClF3N2O5S/c1-36-24-4-2-3-5-25(24)37-22-13-9-21(10-14-22)33(39(34,35)18-27(29,30)31)17-19-6-15-26(32-16-19)38-23-11-7-20(28)8-12-23/h2-16H,17-18H2,1H3. The molecule has 0 saturated carbocycles. The molecule has 39 heavy (non-hydrogen) atoms. The third kappa shape index (κ3) is 7.78. The molecule has 4 aromatic rings. The first-order valence-corrected chi connectivity index (χ1v) is 13.4. The molecule has 0 unspecified atom stereocenters. The maximum absolute atomic E-state index is 13.2. The van der Waals surface area contributed by atoms with Crippen LogP contribution in [-0.4, -0.2) is 32.4 Å². The molecule has 0 saturated heterocycles. The van der Waals surface area contributed by atoms with Crippen LogP contribution in [0.3, 0.4) is 0 Å². The molecule has 0 atom stereocenters. The van der Waals surface area contributed by atoms with Gasteiger partial charge in [0.25, 0.3) is 0 Å². The first-order chi connectivity index (χ1) is 18.5. The Kier molecular flexibility index (Phi) is 8.51. The van der Waals surface area contributed by atoms with Crippen LogP contribution in [-0.2, 0) is 16.6 Å². The highest BCUT2D eigenvalue weighted by Gasteiger charge is 2.38. The van der Waals surface area contributed by atoms with Gasteiger partial charge in [0.05, 0.1) is 19.3 Å². The molecule has 0 aliphatic rings. The van der Waals surface area contributed by atoms with Crippen molar-refractivity contribution in [1.29, 1.82) is 0 Å². The monoisotopic (exact) mass is 578 g/mol. The highest BCUT2D eigenvalue weighted by molar-refractivity contribution is 7.92. The number of pyridine rings is 1.